The molecule has 1 amide bonds. The Balaban J connectivity index is 1.91. The van der Waals surface area contributed by atoms with Crippen LogP contribution in [-0.4, -0.2) is 35.1 Å². The summed E-state index contributed by atoms with van der Waals surface area (Å²) in [5, 5.41) is 4.41. The Morgan fingerprint density at radius 1 is 1.55 bits per heavy atom. The molecule has 1 aliphatic rings. The van der Waals surface area contributed by atoms with Gasteiger partial charge in [0.2, 0.25) is 6.17 Å². The van der Waals surface area contributed by atoms with E-state index in [1.807, 2.05) is 0 Å². The van der Waals surface area contributed by atoms with Gasteiger partial charge in [-0.25, -0.2) is 0 Å². The molecule has 2 heterocycles. The summed E-state index contributed by atoms with van der Waals surface area (Å²) in [7, 11) is 0. The first-order valence-electron chi connectivity index (χ1n) is 6.33. The number of alkyl halides is 3. The minimum Gasteiger partial charge on any atom is -0.459 e. The van der Waals surface area contributed by atoms with E-state index in [0.29, 0.717) is 6.54 Å². The molecule has 0 unspecified atom stereocenters. The SMILES string of the molecule is O=C(N[C@@H]([NH2+]C[C@H]1CCCO1)C(Cl)(Cl)Cl)c1ccco1. The van der Waals surface area contributed by atoms with Crippen molar-refractivity contribution in [2.45, 2.75) is 28.9 Å². The predicted molar refractivity (Wildman–Crippen MR) is 76.0 cm³/mol. The number of nitrogens with two attached hydrogens (primary N) is 1. The summed E-state index contributed by atoms with van der Waals surface area (Å²) in [5.74, 6) is -0.246. The molecule has 8 heteroatoms. The summed E-state index contributed by atoms with van der Waals surface area (Å²) in [6.45, 7) is 1.38. The van der Waals surface area contributed by atoms with Crippen molar-refractivity contribution in [3.63, 3.8) is 0 Å². The Morgan fingerprint density at radius 3 is 2.90 bits per heavy atom. The number of ether oxygens (including phenoxy) is 1. The van der Waals surface area contributed by atoms with Crippen LogP contribution in [0.25, 0.3) is 0 Å². The molecule has 20 heavy (non-hydrogen) atoms. The van der Waals surface area contributed by atoms with Crippen molar-refractivity contribution in [1.82, 2.24) is 5.32 Å². The molecule has 0 aliphatic carbocycles. The van der Waals surface area contributed by atoms with Gasteiger partial charge in [0.1, 0.15) is 12.6 Å². The molecule has 1 aromatic rings. The first-order valence-corrected chi connectivity index (χ1v) is 7.46. The molecule has 0 bridgehead atoms. The van der Waals surface area contributed by atoms with Crippen molar-refractivity contribution in [3.05, 3.63) is 24.2 Å². The van der Waals surface area contributed by atoms with Gasteiger partial charge in [0.15, 0.2) is 5.76 Å². The molecule has 0 aromatic carbocycles. The van der Waals surface area contributed by atoms with Crippen molar-refractivity contribution in [2.24, 2.45) is 0 Å². The van der Waals surface area contributed by atoms with Crippen LogP contribution in [0.2, 0.25) is 0 Å². The van der Waals surface area contributed by atoms with E-state index in [4.69, 9.17) is 44.0 Å². The highest BCUT2D eigenvalue weighted by molar-refractivity contribution is 6.68. The van der Waals surface area contributed by atoms with Gasteiger partial charge in [-0.1, -0.05) is 34.8 Å². The Labute approximate surface area is 131 Å². The maximum absolute atomic E-state index is 11.9. The first kappa shape index (κ1) is 15.9. The highest BCUT2D eigenvalue weighted by Crippen LogP contribution is 2.27. The van der Waals surface area contributed by atoms with E-state index in [1.165, 1.54) is 6.26 Å². The smallest absolute Gasteiger partial charge is 0.291 e. The Kier molecular flexibility index (Phi) is 5.57. The summed E-state index contributed by atoms with van der Waals surface area (Å²) >= 11 is 17.7. The number of carbonyl (C=O) groups is 1. The highest BCUT2D eigenvalue weighted by Gasteiger charge is 2.38. The van der Waals surface area contributed by atoms with Crippen molar-refractivity contribution in [2.75, 3.05) is 13.2 Å². The Hall–Kier alpha value is -0.460. The van der Waals surface area contributed by atoms with E-state index in [2.05, 4.69) is 5.32 Å². The maximum atomic E-state index is 11.9. The van der Waals surface area contributed by atoms with E-state index in [0.717, 1.165) is 19.4 Å². The van der Waals surface area contributed by atoms with Crippen molar-refractivity contribution >= 4 is 40.7 Å². The van der Waals surface area contributed by atoms with E-state index in [1.54, 1.807) is 17.4 Å². The fraction of sp³-hybridized carbons (Fsp3) is 0.583. The van der Waals surface area contributed by atoms with Gasteiger partial charge < -0.3 is 14.5 Å². The van der Waals surface area contributed by atoms with Crippen LogP contribution in [0.3, 0.4) is 0 Å². The molecule has 0 radical (unpaired) electrons. The lowest BCUT2D eigenvalue weighted by Crippen LogP contribution is -2.97. The molecular weight excluding hydrogens is 327 g/mol. The minimum absolute atomic E-state index is 0.130. The number of hydrogen-bond acceptors (Lipinski definition) is 3. The second kappa shape index (κ2) is 7.00. The number of nitrogens with one attached hydrogen (secondary N) is 1. The summed E-state index contributed by atoms with van der Waals surface area (Å²) in [6, 6.07) is 3.17. The van der Waals surface area contributed by atoms with E-state index >= 15 is 0 Å². The number of furan rings is 1. The number of amides is 1. The average molecular weight is 343 g/mol. The third-order valence-corrected chi connectivity index (χ3v) is 3.75. The monoisotopic (exact) mass is 341 g/mol. The largest absolute Gasteiger partial charge is 0.459 e. The van der Waals surface area contributed by atoms with Gasteiger partial charge in [-0.05, 0) is 25.0 Å². The Morgan fingerprint density at radius 2 is 2.35 bits per heavy atom. The summed E-state index contributed by atoms with van der Waals surface area (Å²) in [4.78, 5) is 11.9. The van der Waals surface area contributed by atoms with Crippen LogP contribution in [0, 0.1) is 0 Å². The second-order valence-electron chi connectivity index (χ2n) is 4.58. The van der Waals surface area contributed by atoms with Gasteiger partial charge in [0.05, 0.1) is 6.26 Å². The van der Waals surface area contributed by atoms with Crippen LogP contribution in [0.4, 0.5) is 0 Å². The lowest BCUT2D eigenvalue weighted by atomic mass is 10.2. The fourth-order valence-corrected chi connectivity index (χ4v) is 2.44. The van der Waals surface area contributed by atoms with Gasteiger partial charge in [0.25, 0.3) is 9.70 Å². The van der Waals surface area contributed by atoms with E-state index in [9.17, 15) is 4.79 Å². The summed E-state index contributed by atoms with van der Waals surface area (Å²) in [5.41, 5.74) is 0. The molecule has 1 aromatic heterocycles. The van der Waals surface area contributed by atoms with Crippen LogP contribution in [0.5, 0.6) is 0 Å². The van der Waals surface area contributed by atoms with Crippen molar-refractivity contribution < 1.29 is 19.3 Å². The normalized spacial score (nSPS) is 20.9. The number of hydrogen-bond donors (Lipinski definition) is 2. The van der Waals surface area contributed by atoms with Crippen LogP contribution >= 0.6 is 34.8 Å². The average Bonchev–Trinajstić information content (AvgIpc) is 3.04. The molecule has 1 fully saturated rings. The zero-order chi connectivity index (χ0) is 14.6. The van der Waals surface area contributed by atoms with Gasteiger partial charge in [-0.2, -0.15) is 0 Å². The molecule has 5 nitrogen and oxygen atoms in total. The van der Waals surface area contributed by atoms with Crippen molar-refractivity contribution in [1.29, 1.82) is 0 Å². The quantitative estimate of drug-likeness (QED) is 0.628. The zero-order valence-electron chi connectivity index (χ0n) is 10.7. The molecule has 1 aliphatic heterocycles. The van der Waals surface area contributed by atoms with E-state index in [-0.39, 0.29) is 11.9 Å². The standard InChI is InChI=1S/C12H15Cl3N2O3/c13-12(14,15)11(16-7-8-3-1-5-19-8)17-10(18)9-4-2-6-20-9/h2,4,6,8,11,16H,1,3,5,7H2,(H,17,18)/p+1/t8-,11-/m1/s1. The number of rotatable bonds is 5. The fourth-order valence-electron chi connectivity index (χ4n) is 2.01. The van der Waals surface area contributed by atoms with Gasteiger partial charge in [0, 0.05) is 6.61 Å². The zero-order valence-corrected chi connectivity index (χ0v) is 12.9. The molecule has 3 N–H and O–H groups in total. The van der Waals surface area contributed by atoms with Crippen LogP contribution in [0.15, 0.2) is 22.8 Å². The molecule has 112 valence electrons. The molecule has 0 saturated carbocycles. The lowest BCUT2D eigenvalue weighted by molar-refractivity contribution is -0.697. The number of halogens is 3. The third kappa shape index (κ3) is 4.53. The van der Waals surface area contributed by atoms with Crippen LogP contribution < -0.4 is 10.6 Å². The number of carbonyl (C=O) groups excluding carboxylic acids is 1. The molecule has 2 atom stereocenters. The predicted octanol–water partition coefficient (Wildman–Crippen LogP) is 1.45. The van der Waals surface area contributed by atoms with E-state index < -0.39 is 15.9 Å². The van der Waals surface area contributed by atoms with Gasteiger partial charge in [-0.3, -0.25) is 10.1 Å². The van der Waals surface area contributed by atoms with Crippen LogP contribution in [0.1, 0.15) is 23.4 Å². The van der Waals surface area contributed by atoms with Crippen LogP contribution in [-0.2, 0) is 4.74 Å². The first-order chi connectivity index (χ1) is 9.47. The Bertz CT molecular complexity index is 428. The third-order valence-electron chi connectivity index (χ3n) is 3.04. The van der Waals surface area contributed by atoms with Crippen molar-refractivity contribution in [3.8, 4) is 0 Å². The maximum Gasteiger partial charge on any atom is 0.291 e. The topological polar surface area (TPSA) is 68.1 Å². The summed E-state index contributed by atoms with van der Waals surface area (Å²) in [6.07, 6.45) is 2.85. The molecule has 0 spiro atoms. The second-order valence-corrected chi connectivity index (χ2v) is 6.95. The van der Waals surface area contributed by atoms with Gasteiger partial charge in [-0.15, -0.1) is 0 Å². The highest BCUT2D eigenvalue weighted by atomic mass is 35.6. The lowest BCUT2D eigenvalue weighted by Gasteiger charge is -2.24. The summed E-state index contributed by atoms with van der Waals surface area (Å²) < 4.78 is 8.88. The molecule has 2 rings (SSSR count). The minimum atomic E-state index is -1.62. The van der Waals surface area contributed by atoms with Gasteiger partial charge >= 0.3 is 0 Å². The number of quaternary nitrogens is 1. The molecular formula is C12H16Cl3N2O3+. The molecule has 1 saturated heterocycles.